The van der Waals surface area contributed by atoms with Gasteiger partial charge in [0.25, 0.3) is 10.0 Å². The number of sulfonamides is 1. The van der Waals surface area contributed by atoms with Gasteiger partial charge >= 0.3 is 0 Å². The normalized spacial score (nSPS) is 11.3. The lowest BCUT2D eigenvalue weighted by Gasteiger charge is -2.12. The Balaban J connectivity index is 2.41. The summed E-state index contributed by atoms with van der Waals surface area (Å²) < 4.78 is 28.1. The summed E-state index contributed by atoms with van der Waals surface area (Å²) in [5, 5.41) is 0.175. The van der Waals surface area contributed by atoms with E-state index in [2.05, 4.69) is 20.7 Å². The standard InChI is InChI=1S/C13H11BrClNO2S2/c1-19-12-5-3-2-4-11(12)16-20(17,18)13-7-6-9(14)8-10(13)15/h2-8,16H,1H3. The molecule has 0 radical (unpaired) electrons. The van der Waals surface area contributed by atoms with E-state index in [1.54, 1.807) is 24.3 Å². The van der Waals surface area contributed by atoms with E-state index in [4.69, 9.17) is 11.6 Å². The van der Waals surface area contributed by atoms with Crippen LogP contribution in [-0.2, 0) is 10.0 Å². The van der Waals surface area contributed by atoms with Crippen molar-refractivity contribution < 1.29 is 8.42 Å². The average molecular weight is 393 g/mol. The van der Waals surface area contributed by atoms with Crippen LogP contribution < -0.4 is 4.72 Å². The van der Waals surface area contributed by atoms with Crippen LogP contribution in [0.2, 0.25) is 5.02 Å². The SMILES string of the molecule is CSc1ccccc1NS(=O)(=O)c1ccc(Br)cc1Cl. The first kappa shape index (κ1) is 15.7. The first-order valence-electron chi connectivity index (χ1n) is 5.55. The summed E-state index contributed by atoms with van der Waals surface area (Å²) in [6, 6.07) is 11.9. The molecule has 0 aliphatic carbocycles. The van der Waals surface area contributed by atoms with Crippen LogP contribution in [-0.4, -0.2) is 14.7 Å². The molecule has 1 N–H and O–H groups in total. The predicted octanol–water partition coefficient (Wildman–Crippen LogP) is 4.63. The zero-order valence-electron chi connectivity index (χ0n) is 10.4. The maximum atomic E-state index is 12.4. The number of hydrogen-bond acceptors (Lipinski definition) is 3. The van der Waals surface area contributed by atoms with Gasteiger partial charge < -0.3 is 0 Å². The van der Waals surface area contributed by atoms with Crippen LogP contribution in [0.15, 0.2) is 56.7 Å². The zero-order chi connectivity index (χ0) is 14.8. The lowest BCUT2D eigenvalue weighted by molar-refractivity contribution is 0.601. The minimum Gasteiger partial charge on any atom is -0.278 e. The van der Waals surface area contributed by atoms with Crippen molar-refractivity contribution in [2.45, 2.75) is 9.79 Å². The van der Waals surface area contributed by atoms with E-state index in [-0.39, 0.29) is 9.92 Å². The third kappa shape index (κ3) is 3.49. The van der Waals surface area contributed by atoms with Crippen LogP contribution in [0.5, 0.6) is 0 Å². The van der Waals surface area contributed by atoms with Crippen molar-refractivity contribution in [1.82, 2.24) is 0 Å². The van der Waals surface area contributed by atoms with Crippen molar-refractivity contribution in [3.8, 4) is 0 Å². The Labute approximate surface area is 135 Å². The molecule has 20 heavy (non-hydrogen) atoms. The van der Waals surface area contributed by atoms with Crippen molar-refractivity contribution in [1.29, 1.82) is 0 Å². The monoisotopic (exact) mass is 391 g/mol. The molecule has 0 fully saturated rings. The van der Waals surface area contributed by atoms with E-state index >= 15 is 0 Å². The van der Waals surface area contributed by atoms with Crippen LogP contribution in [0.1, 0.15) is 0 Å². The van der Waals surface area contributed by atoms with E-state index in [0.29, 0.717) is 5.69 Å². The van der Waals surface area contributed by atoms with Gasteiger partial charge in [-0.3, -0.25) is 4.72 Å². The molecule has 0 saturated carbocycles. The third-order valence-corrected chi connectivity index (χ3v) is 5.67. The fraction of sp³-hybridized carbons (Fsp3) is 0.0769. The molecule has 0 saturated heterocycles. The number of hydrogen-bond donors (Lipinski definition) is 1. The maximum absolute atomic E-state index is 12.4. The number of nitrogens with one attached hydrogen (secondary N) is 1. The first-order chi connectivity index (χ1) is 9.44. The van der Waals surface area contributed by atoms with Crippen LogP contribution in [0.25, 0.3) is 0 Å². The summed E-state index contributed by atoms with van der Waals surface area (Å²) in [6.07, 6.45) is 1.89. The highest BCUT2D eigenvalue weighted by atomic mass is 79.9. The molecule has 2 rings (SSSR count). The van der Waals surface area contributed by atoms with E-state index in [1.165, 1.54) is 17.8 Å². The number of anilines is 1. The average Bonchev–Trinajstić information content (AvgIpc) is 2.38. The number of para-hydroxylation sites is 1. The van der Waals surface area contributed by atoms with Crippen LogP contribution in [0.4, 0.5) is 5.69 Å². The Morgan fingerprint density at radius 1 is 1.20 bits per heavy atom. The second kappa shape index (κ2) is 6.39. The van der Waals surface area contributed by atoms with Gasteiger partial charge in [0, 0.05) is 9.37 Å². The molecule has 0 amide bonds. The molecule has 0 unspecified atom stereocenters. The summed E-state index contributed by atoms with van der Waals surface area (Å²) in [4.78, 5) is 0.905. The van der Waals surface area contributed by atoms with Crippen molar-refractivity contribution >= 4 is 55.0 Å². The molecular weight excluding hydrogens is 382 g/mol. The summed E-state index contributed by atoms with van der Waals surface area (Å²) in [7, 11) is -3.71. The predicted molar refractivity (Wildman–Crippen MR) is 88.2 cm³/mol. The lowest BCUT2D eigenvalue weighted by Crippen LogP contribution is -2.14. The lowest BCUT2D eigenvalue weighted by atomic mass is 10.3. The quantitative estimate of drug-likeness (QED) is 0.772. The Morgan fingerprint density at radius 3 is 2.55 bits per heavy atom. The molecular formula is C13H11BrClNO2S2. The summed E-state index contributed by atoms with van der Waals surface area (Å²) in [5.41, 5.74) is 0.541. The summed E-state index contributed by atoms with van der Waals surface area (Å²) >= 11 is 10.7. The summed E-state index contributed by atoms with van der Waals surface area (Å²) in [5.74, 6) is 0. The second-order valence-corrected chi connectivity index (χ2v) is 7.70. The van der Waals surface area contributed by atoms with Gasteiger partial charge in [0.1, 0.15) is 4.90 Å². The van der Waals surface area contributed by atoms with Crippen molar-refractivity contribution in [2.24, 2.45) is 0 Å². The third-order valence-electron chi connectivity index (χ3n) is 2.53. The minimum atomic E-state index is -3.71. The van der Waals surface area contributed by atoms with Crippen molar-refractivity contribution in [3.05, 3.63) is 52.0 Å². The Hall–Kier alpha value is -0.690. The highest BCUT2D eigenvalue weighted by Gasteiger charge is 2.19. The van der Waals surface area contributed by atoms with Crippen LogP contribution in [0.3, 0.4) is 0 Å². The van der Waals surface area contributed by atoms with Gasteiger partial charge in [-0.25, -0.2) is 8.42 Å². The molecule has 0 aromatic heterocycles. The fourth-order valence-electron chi connectivity index (χ4n) is 1.62. The Kier molecular flexibility index (Phi) is 5.01. The Morgan fingerprint density at radius 2 is 1.90 bits per heavy atom. The smallest absolute Gasteiger partial charge is 0.263 e. The molecule has 7 heteroatoms. The molecule has 0 aliphatic rings. The van der Waals surface area contributed by atoms with E-state index in [0.717, 1.165) is 9.37 Å². The van der Waals surface area contributed by atoms with E-state index < -0.39 is 10.0 Å². The largest absolute Gasteiger partial charge is 0.278 e. The number of thioether (sulfide) groups is 1. The van der Waals surface area contributed by atoms with Crippen molar-refractivity contribution in [3.63, 3.8) is 0 Å². The van der Waals surface area contributed by atoms with Gasteiger partial charge in [0.15, 0.2) is 0 Å². The minimum absolute atomic E-state index is 0.0540. The summed E-state index contributed by atoms with van der Waals surface area (Å²) in [6.45, 7) is 0. The molecule has 0 heterocycles. The number of rotatable bonds is 4. The van der Waals surface area contributed by atoms with Crippen LogP contribution in [0, 0.1) is 0 Å². The van der Waals surface area contributed by atoms with Gasteiger partial charge in [-0.05, 0) is 36.6 Å². The van der Waals surface area contributed by atoms with Gasteiger partial charge in [-0.15, -0.1) is 11.8 Å². The van der Waals surface area contributed by atoms with E-state index in [1.807, 2.05) is 18.4 Å². The van der Waals surface area contributed by atoms with Gasteiger partial charge in [-0.1, -0.05) is 39.7 Å². The molecule has 2 aromatic rings. The molecule has 3 nitrogen and oxygen atoms in total. The molecule has 0 bridgehead atoms. The van der Waals surface area contributed by atoms with E-state index in [9.17, 15) is 8.42 Å². The first-order valence-corrected chi connectivity index (χ1v) is 9.43. The highest BCUT2D eigenvalue weighted by Crippen LogP contribution is 2.30. The second-order valence-electron chi connectivity index (χ2n) is 3.88. The van der Waals surface area contributed by atoms with Gasteiger partial charge in [0.2, 0.25) is 0 Å². The molecule has 2 aromatic carbocycles. The topological polar surface area (TPSA) is 46.2 Å². The zero-order valence-corrected chi connectivity index (χ0v) is 14.4. The molecule has 0 spiro atoms. The maximum Gasteiger partial charge on any atom is 0.263 e. The molecule has 0 atom stereocenters. The van der Waals surface area contributed by atoms with Gasteiger partial charge in [-0.2, -0.15) is 0 Å². The fourth-order valence-corrected chi connectivity index (χ4v) is 4.36. The highest BCUT2D eigenvalue weighted by molar-refractivity contribution is 9.10. The van der Waals surface area contributed by atoms with Crippen LogP contribution >= 0.6 is 39.3 Å². The Bertz CT molecular complexity index is 735. The van der Waals surface area contributed by atoms with Gasteiger partial charge in [0.05, 0.1) is 10.7 Å². The number of benzene rings is 2. The molecule has 0 aliphatic heterocycles. The molecule has 106 valence electrons. The number of halogens is 2. The van der Waals surface area contributed by atoms with Crippen molar-refractivity contribution in [2.75, 3.05) is 11.0 Å².